The Labute approximate surface area is 161 Å². The zero-order valence-electron chi connectivity index (χ0n) is 16.0. The molecule has 0 heterocycles. The number of carbonyl (C=O) groups is 1. The number of carbonyl (C=O) groups excluding carboxylic acids is 1. The average molecular weight is 386 g/mol. The van der Waals surface area contributed by atoms with Gasteiger partial charge in [0.25, 0.3) is 0 Å². The fourth-order valence-corrected chi connectivity index (χ4v) is 4.75. The molecule has 1 N–H and O–H groups in total. The van der Waals surface area contributed by atoms with Crippen molar-refractivity contribution < 1.29 is 13.2 Å². The molecule has 2 aromatic rings. The van der Waals surface area contributed by atoms with E-state index in [1.807, 2.05) is 13.8 Å². The van der Waals surface area contributed by atoms with Gasteiger partial charge in [-0.15, -0.1) is 0 Å². The van der Waals surface area contributed by atoms with Gasteiger partial charge in [0.05, 0.1) is 16.7 Å². The number of fused-ring (bicyclic) bond motifs is 1. The molecule has 2 aromatic carbocycles. The topological polar surface area (TPSA) is 63.2 Å². The third kappa shape index (κ3) is 4.98. The van der Waals surface area contributed by atoms with Gasteiger partial charge in [0.15, 0.2) is 9.84 Å². The largest absolute Gasteiger partial charge is 0.350 e. The number of sulfone groups is 1. The summed E-state index contributed by atoms with van der Waals surface area (Å²) in [6, 6.07) is 13.0. The molecule has 0 aromatic heterocycles. The van der Waals surface area contributed by atoms with Gasteiger partial charge < -0.3 is 5.32 Å². The summed E-state index contributed by atoms with van der Waals surface area (Å²) in [5.41, 5.74) is 4.87. The van der Waals surface area contributed by atoms with Crippen LogP contribution >= 0.6 is 0 Å². The minimum atomic E-state index is -3.45. The average Bonchev–Trinajstić information content (AvgIpc) is 2.66. The second-order valence-electron chi connectivity index (χ2n) is 7.41. The van der Waals surface area contributed by atoms with E-state index in [0.717, 1.165) is 24.0 Å². The summed E-state index contributed by atoms with van der Waals surface area (Å²) in [6.45, 7) is 3.85. The quantitative estimate of drug-likeness (QED) is 0.820. The van der Waals surface area contributed by atoms with Crippen LogP contribution in [0, 0.1) is 6.92 Å². The number of aryl methyl sites for hydroxylation is 3. The SMILES string of the molecule is Cc1ccc(S(=O)(=O)CCC(=O)N[C@@H](C)c2ccc3c(c2)CCCC3)cc1. The molecule has 1 aliphatic carbocycles. The van der Waals surface area contributed by atoms with E-state index in [-0.39, 0.29) is 29.0 Å². The molecule has 1 amide bonds. The second kappa shape index (κ2) is 8.26. The minimum Gasteiger partial charge on any atom is -0.350 e. The highest BCUT2D eigenvalue weighted by molar-refractivity contribution is 7.91. The molecule has 1 aliphatic rings. The van der Waals surface area contributed by atoms with Crippen LogP contribution in [0.4, 0.5) is 0 Å². The van der Waals surface area contributed by atoms with Crippen molar-refractivity contribution in [3.8, 4) is 0 Å². The van der Waals surface area contributed by atoms with Crippen molar-refractivity contribution >= 4 is 15.7 Å². The first kappa shape index (κ1) is 19.6. The van der Waals surface area contributed by atoms with Crippen molar-refractivity contribution in [3.05, 3.63) is 64.7 Å². The smallest absolute Gasteiger partial charge is 0.221 e. The van der Waals surface area contributed by atoms with Crippen molar-refractivity contribution in [2.24, 2.45) is 0 Å². The Bertz CT molecular complexity index is 917. The maximum Gasteiger partial charge on any atom is 0.221 e. The molecule has 27 heavy (non-hydrogen) atoms. The summed E-state index contributed by atoms with van der Waals surface area (Å²) >= 11 is 0. The number of hydrogen-bond acceptors (Lipinski definition) is 3. The fraction of sp³-hybridized carbons (Fsp3) is 0.409. The number of amides is 1. The van der Waals surface area contributed by atoms with E-state index in [0.29, 0.717) is 0 Å². The molecule has 0 bridgehead atoms. The van der Waals surface area contributed by atoms with E-state index in [2.05, 4.69) is 23.5 Å². The van der Waals surface area contributed by atoms with Crippen LogP contribution in [0.1, 0.15) is 54.5 Å². The lowest BCUT2D eigenvalue weighted by atomic mass is 9.89. The highest BCUT2D eigenvalue weighted by Gasteiger charge is 2.18. The number of nitrogens with one attached hydrogen (secondary N) is 1. The van der Waals surface area contributed by atoms with Crippen molar-refractivity contribution in [1.29, 1.82) is 0 Å². The first-order chi connectivity index (χ1) is 12.8. The number of hydrogen-bond donors (Lipinski definition) is 1. The van der Waals surface area contributed by atoms with Crippen molar-refractivity contribution in [1.82, 2.24) is 5.32 Å². The predicted molar refractivity (Wildman–Crippen MR) is 107 cm³/mol. The van der Waals surface area contributed by atoms with Crippen LogP contribution in [0.15, 0.2) is 47.4 Å². The second-order valence-corrected chi connectivity index (χ2v) is 9.52. The van der Waals surface area contributed by atoms with Crippen LogP contribution < -0.4 is 5.32 Å². The monoisotopic (exact) mass is 385 g/mol. The highest BCUT2D eigenvalue weighted by atomic mass is 32.2. The zero-order valence-corrected chi connectivity index (χ0v) is 16.8. The van der Waals surface area contributed by atoms with Crippen molar-refractivity contribution in [2.45, 2.75) is 56.9 Å². The molecule has 1 atom stereocenters. The standard InChI is InChI=1S/C22H27NO3S/c1-16-7-11-21(12-8-16)27(25,26)14-13-22(24)23-17(2)19-10-9-18-5-3-4-6-20(18)15-19/h7-12,15,17H,3-6,13-14H2,1-2H3,(H,23,24)/t17-/m0/s1. The van der Waals surface area contributed by atoms with Gasteiger partial charge in [-0.3, -0.25) is 4.79 Å². The number of rotatable bonds is 6. The summed E-state index contributed by atoms with van der Waals surface area (Å²) in [6.07, 6.45) is 4.65. The third-order valence-electron chi connectivity index (χ3n) is 5.23. The van der Waals surface area contributed by atoms with Gasteiger partial charge >= 0.3 is 0 Å². The van der Waals surface area contributed by atoms with E-state index in [9.17, 15) is 13.2 Å². The Morgan fingerprint density at radius 2 is 1.70 bits per heavy atom. The molecule has 3 rings (SSSR count). The summed E-state index contributed by atoms with van der Waals surface area (Å²) in [5, 5.41) is 2.93. The molecule has 0 radical (unpaired) electrons. The molecule has 5 heteroatoms. The number of benzene rings is 2. The van der Waals surface area contributed by atoms with Crippen LogP contribution in [-0.2, 0) is 27.5 Å². The van der Waals surface area contributed by atoms with Crippen LogP contribution in [0.2, 0.25) is 0 Å². The predicted octanol–water partition coefficient (Wildman–Crippen LogP) is 3.92. The van der Waals surface area contributed by atoms with Gasteiger partial charge in [-0.25, -0.2) is 8.42 Å². The van der Waals surface area contributed by atoms with Gasteiger partial charge in [0.2, 0.25) is 5.91 Å². The summed E-state index contributed by atoms with van der Waals surface area (Å²) in [4.78, 5) is 12.5. The fourth-order valence-electron chi connectivity index (χ4n) is 3.51. The van der Waals surface area contributed by atoms with E-state index >= 15 is 0 Å². The van der Waals surface area contributed by atoms with E-state index < -0.39 is 9.84 Å². The van der Waals surface area contributed by atoms with Gasteiger partial charge in [0, 0.05) is 6.42 Å². The summed E-state index contributed by atoms with van der Waals surface area (Å²) < 4.78 is 24.8. The molecule has 0 saturated heterocycles. The van der Waals surface area contributed by atoms with Gasteiger partial charge in [-0.05, 0) is 68.4 Å². The Balaban J connectivity index is 1.58. The minimum absolute atomic E-state index is 0.0362. The van der Waals surface area contributed by atoms with Crippen LogP contribution in [-0.4, -0.2) is 20.1 Å². The molecule has 0 unspecified atom stereocenters. The molecule has 0 spiro atoms. The third-order valence-corrected chi connectivity index (χ3v) is 6.96. The molecular weight excluding hydrogens is 358 g/mol. The Hall–Kier alpha value is -2.14. The molecule has 0 saturated carbocycles. The van der Waals surface area contributed by atoms with Crippen LogP contribution in [0.3, 0.4) is 0 Å². The maximum absolute atomic E-state index is 12.4. The van der Waals surface area contributed by atoms with E-state index in [1.165, 1.54) is 24.0 Å². The van der Waals surface area contributed by atoms with Crippen molar-refractivity contribution in [2.75, 3.05) is 5.75 Å². The highest BCUT2D eigenvalue weighted by Crippen LogP contribution is 2.25. The van der Waals surface area contributed by atoms with Gasteiger partial charge in [0.1, 0.15) is 0 Å². The molecule has 0 fully saturated rings. The lowest BCUT2D eigenvalue weighted by molar-refractivity contribution is -0.121. The molecule has 144 valence electrons. The first-order valence-electron chi connectivity index (χ1n) is 9.56. The summed E-state index contributed by atoms with van der Waals surface area (Å²) in [5.74, 6) is -0.422. The first-order valence-corrected chi connectivity index (χ1v) is 11.2. The van der Waals surface area contributed by atoms with E-state index in [1.54, 1.807) is 24.3 Å². The maximum atomic E-state index is 12.4. The van der Waals surface area contributed by atoms with Crippen LogP contribution in [0.5, 0.6) is 0 Å². The Kier molecular flexibility index (Phi) is 6.00. The van der Waals surface area contributed by atoms with Gasteiger partial charge in [-0.2, -0.15) is 0 Å². The zero-order chi connectivity index (χ0) is 19.4. The molecule has 4 nitrogen and oxygen atoms in total. The van der Waals surface area contributed by atoms with Crippen molar-refractivity contribution in [3.63, 3.8) is 0 Å². The Morgan fingerprint density at radius 3 is 2.41 bits per heavy atom. The molecule has 0 aliphatic heterocycles. The van der Waals surface area contributed by atoms with Gasteiger partial charge in [-0.1, -0.05) is 35.9 Å². The van der Waals surface area contributed by atoms with E-state index in [4.69, 9.17) is 0 Å². The lowest BCUT2D eigenvalue weighted by Crippen LogP contribution is -2.28. The van der Waals surface area contributed by atoms with Crippen LogP contribution in [0.25, 0.3) is 0 Å². The normalized spacial score (nSPS) is 15.0. The lowest BCUT2D eigenvalue weighted by Gasteiger charge is -2.20. The molecular formula is C22H27NO3S. The summed E-state index contributed by atoms with van der Waals surface area (Å²) in [7, 11) is -3.45. The Morgan fingerprint density at radius 1 is 1.04 bits per heavy atom.